The van der Waals surface area contributed by atoms with E-state index in [0.717, 1.165) is 11.1 Å². The fourth-order valence-electron chi connectivity index (χ4n) is 1.96. The van der Waals surface area contributed by atoms with E-state index in [-0.39, 0.29) is 16.8 Å². The summed E-state index contributed by atoms with van der Waals surface area (Å²) in [6, 6.07) is 8.34. The number of benzene rings is 1. The molecule has 1 aromatic heterocycles. The van der Waals surface area contributed by atoms with Crippen LogP contribution in [0, 0.1) is 0 Å². The van der Waals surface area contributed by atoms with Gasteiger partial charge >= 0.3 is 0 Å². The molecule has 0 saturated heterocycles. The zero-order valence-electron chi connectivity index (χ0n) is 11.9. The molecule has 0 saturated carbocycles. The van der Waals surface area contributed by atoms with Gasteiger partial charge in [0.2, 0.25) is 5.91 Å². The van der Waals surface area contributed by atoms with Crippen LogP contribution in [0.3, 0.4) is 0 Å². The van der Waals surface area contributed by atoms with Gasteiger partial charge in [0.1, 0.15) is 0 Å². The average molecular weight is 323 g/mol. The topological polar surface area (TPSA) is 63.2 Å². The minimum atomic E-state index is -3.19. The Morgan fingerprint density at radius 1 is 1.24 bits per heavy atom. The van der Waals surface area contributed by atoms with E-state index in [1.54, 1.807) is 35.6 Å². The minimum Gasteiger partial charge on any atom is -0.349 e. The summed E-state index contributed by atoms with van der Waals surface area (Å²) in [5.41, 5.74) is 1.87. The van der Waals surface area contributed by atoms with Gasteiger partial charge in [-0.25, -0.2) is 8.42 Å². The number of rotatable bonds is 5. The van der Waals surface area contributed by atoms with Gasteiger partial charge in [-0.15, -0.1) is 0 Å². The Labute approximate surface area is 128 Å². The fraction of sp³-hybridized carbons (Fsp3) is 0.267. The van der Waals surface area contributed by atoms with Crippen molar-refractivity contribution in [3.63, 3.8) is 0 Å². The van der Waals surface area contributed by atoms with Crippen LogP contribution in [-0.2, 0) is 21.1 Å². The highest BCUT2D eigenvalue weighted by Crippen LogP contribution is 2.16. The van der Waals surface area contributed by atoms with Crippen LogP contribution in [0.5, 0.6) is 0 Å². The minimum absolute atomic E-state index is 0.0481. The number of thiophene rings is 1. The Kier molecular flexibility index (Phi) is 4.80. The second-order valence-electron chi connectivity index (χ2n) is 4.94. The summed E-state index contributed by atoms with van der Waals surface area (Å²) < 4.78 is 22.8. The Bertz CT molecular complexity index is 704. The van der Waals surface area contributed by atoms with Gasteiger partial charge in [0.15, 0.2) is 9.84 Å². The van der Waals surface area contributed by atoms with Crippen molar-refractivity contribution in [2.24, 2.45) is 0 Å². The van der Waals surface area contributed by atoms with Gasteiger partial charge in [0.25, 0.3) is 0 Å². The first-order valence-electron chi connectivity index (χ1n) is 6.47. The van der Waals surface area contributed by atoms with Gasteiger partial charge in [-0.2, -0.15) is 11.3 Å². The Hall–Kier alpha value is -1.66. The molecule has 0 unspecified atom stereocenters. The van der Waals surface area contributed by atoms with Gasteiger partial charge in [-0.05, 0) is 47.0 Å². The fourth-order valence-corrected chi connectivity index (χ4v) is 3.26. The molecule has 0 bridgehead atoms. The van der Waals surface area contributed by atoms with Crippen molar-refractivity contribution < 1.29 is 13.2 Å². The Morgan fingerprint density at radius 2 is 1.90 bits per heavy atom. The standard InChI is InChI=1S/C15H17NO3S2/c1-11(16-15(17)9-12-7-8-20-10-12)13-3-5-14(6-4-13)21(2,18)19/h3-8,10-11H,9H2,1-2H3,(H,16,17)/t11-/m1/s1. The molecule has 1 heterocycles. The number of amides is 1. The van der Waals surface area contributed by atoms with Gasteiger partial charge in [-0.1, -0.05) is 12.1 Å². The van der Waals surface area contributed by atoms with Gasteiger partial charge in [0.05, 0.1) is 17.4 Å². The van der Waals surface area contributed by atoms with E-state index in [1.807, 2.05) is 23.8 Å². The van der Waals surface area contributed by atoms with Gasteiger partial charge in [0, 0.05) is 6.26 Å². The first-order valence-corrected chi connectivity index (χ1v) is 9.30. The highest BCUT2D eigenvalue weighted by Gasteiger charge is 2.12. The van der Waals surface area contributed by atoms with Crippen LogP contribution < -0.4 is 5.32 Å². The molecule has 1 N–H and O–H groups in total. The summed E-state index contributed by atoms with van der Waals surface area (Å²) >= 11 is 1.56. The first kappa shape index (κ1) is 15.7. The number of carbonyl (C=O) groups is 1. The Morgan fingerprint density at radius 3 is 2.43 bits per heavy atom. The lowest BCUT2D eigenvalue weighted by Crippen LogP contribution is -2.27. The molecule has 0 spiro atoms. The summed E-state index contributed by atoms with van der Waals surface area (Å²) in [7, 11) is -3.19. The quantitative estimate of drug-likeness (QED) is 0.920. The van der Waals surface area contributed by atoms with Crippen molar-refractivity contribution in [3.05, 3.63) is 52.2 Å². The van der Waals surface area contributed by atoms with Crippen LogP contribution in [0.2, 0.25) is 0 Å². The molecule has 0 fully saturated rings. The predicted molar refractivity (Wildman–Crippen MR) is 84.1 cm³/mol. The van der Waals surface area contributed by atoms with E-state index >= 15 is 0 Å². The summed E-state index contributed by atoms with van der Waals surface area (Å²) in [6.07, 6.45) is 1.53. The molecular weight excluding hydrogens is 306 g/mol. The van der Waals surface area contributed by atoms with E-state index in [9.17, 15) is 13.2 Å². The lowest BCUT2D eigenvalue weighted by molar-refractivity contribution is -0.121. The molecule has 6 heteroatoms. The van der Waals surface area contributed by atoms with E-state index in [0.29, 0.717) is 6.42 Å². The molecule has 112 valence electrons. The van der Waals surface area contributed by atoms with Crippen molar-refractivity contribution in [1.82, 2.24) is 5.32 Å². The van der Waals surface area contributed by atoms with E-state index < -0.39 is 9.84 Å². The van der Waals surface area contributed by atoms with Crippen molar-refractivity contribution in [2.45, 2.75) is 24.3 Å². The maximum Gasteiger partial charge on any atom is 0.224 e. The smallest absolute Gasteiger partial charge is 0.224 e. The molecule has 21 heavy (non-hydrogen) atoms. The normalized spacial score (nSPS) is 12.9. The summed E-state index contributed by atoms with van der Waals surface area (Å²) in [5, 5.41) is 6.80. The molecule has 2 aromatic rings. The van der Waals surface area contributed by atoms with Crippen molar-refractivity contribution in [1.29, 1.82) is 0 Å². The van der Waals surface area contributed by atoms with Crippen molar-refractivity contribution in [2.75, 3.05) is 6.26 Å². The Balaban J connectivity index is 2.00. The third-order valence-electron chi connectivity index (χ3n) is 3.13. The maximum atomic E-state index is 11.9. The van der Waals surface area contributed by atoms with Gasteiger partial charge < -0.3 is 5.32 Å². The van der Waals surface area contributed by atoms with Crippen LogP contribution in [0.4, 0.5) is 0 Å². The second-order valence-corrected chi connectivity index (χ2v) is 7.73. The molecule has 1 amide bonds. The van der Waals surface area contributed by atoms with Crippen LogP contribution >= 0.6 is 11.3 Å². The molecule has 0 aliphatic carbocycles. The van der Waals surface area contributed by atoms with E-state index in [1.165, 1.54) is 6.26 Å². The van der Waals surface area contributed by atoms with Crippen LogP contribution in [0.1, 0.15) is 24.1 Å². The van der Waals surface area contributed by atoms with Crippen LogP contribution in [0.25, 0.3) is 0 Å². The number of hydrogen-bond acceptors (Lipinski definition) is 4. The molecule has 2 rings (SSSR count). The van der Waals surface area contributed by atoms with Crippen LogP contribution in [-0.4, -0.2) is 20.6 Å². The largest absolute Gasteiger partial charge is 0.349 e. The molecule has 0 aliphatic heterocycles. The highest BCUT2D eigenvalue weighted by atomic mass is 32.2. The number of nitrogens with one attached hydrogen (secondary N) is 1. The first-order chi connectivity index (χ1) is 9.86. The van der Waals surface area contributed by atoms with Crippen molar-refractivity contribution in [3.8, 4) is 0 Å². The van der Waals surface area contributed by atoms with Crippen LogP contribution in [0.15, 0.2) is 46.0 Å². The SMILES string of the molecule is C[C@@H](NC(=O)Cc1ccsc1)c1ccc(S(C)(=O)=O)cc1. The van der Waals surface area contributed by atoms with E-state index in [2.05, 4.69) is 5.32 Å². The molecular formula is C15H17NO3S2. The summed E-state index contributed by atoms with van der Waals surface area (Å²) in [5.74, 6) is -0.0481. The van der Waals surface area contributed by atoms with E-state index in [4.69, 9.17) is 0 Å². The summed E-state index contributed by atoms with van der Waals surface area (Å²) in [4.78, 5) is 12.2. The maximum absolute atomic E-state index is 11.9. The second kappa shape index (κ2) is 6.41. The summed E-state index contributed by atoms with van der Waals surface area (Å²) in [6.45, 7) is 1.88. The average Bonchev–Trinajstić information content (AvgIpc) is 2.90. The molecule has 1 aromatic carbocycles. The lowest BCUT2D eigenvalue weighted by Gasteiger charge is -2.14. The number of sulfone groups is 1. The predicted octanol–water partition coefficient (Wildman–Crippen LogP) is 2.57. The molecule has 0 radical (unpaired) electrons. The van der Waals surface area contributed by atoms with Gasteiger partial charge in [-0.3, -0.25) is 4.79 Å². The van der Waals surface area contributed by atoms with Crippen molar-refractivity contribution >= 4 is 27.1 Å². The third-order valence-corrected chi connectivity index (χ3v) is 4.99. The zero-order chi connectivity index (χ0) is 15.5. The number of hydrogen-bond donors (Lipinski definition) is 1. The zero-order valence-corrected chi connectivity index (χ0v) is 13.5. The lowest BCUT2D eigenvalue weighted by atomic mass is 10.1. The molecule has 1 atom stereocenters. The highest BCUT2D eigenvalue weighted by molar-refractivity contribution is 7.90. The molecule has 0 aliphatic rings. The molecule has 4 nitrogen and oxygen atoms in total. The third kappa shape index (κ3) is 4.41. The monoisotopic (exact) mass is 323 g/mol. The number of carbonyl (C=O) groups excluding carboxylic acids is 1.